The van der Waals surface area contributed by atoms with E-state index in [1.807, 2.05) is 12.1 Å². The number of aliphatic imine (C=N–C) groups is 1. The molecule has 32 heavy (non-hydrogen) atoms. The number of likely N-dealkylation sites (tertiary alicyclic amines) is 1. The van der Waals surface area contributed by atoms with Crippen LogP contribution in [0.2, 0.25) is 0 Å². The number of amides is 1. The zero-order valence-electron chi connectivity index (χ0n) is 18.7. The first kappa shape index (κ1) is 25.8. The Morgan fingerprint density at radius 1 is 1.22 bits per heavy atom. The average molecular weight is 552 g/mol. The van der Waals surface area contributed by atoms with Crippen molar-refractivity contribution in [3.05, 3.63) is 59.7 Å². The SMILES string of the molecule is CCNC(=NCCCNC(=O)c1cccc(O)c1)N1CCC(c2ccc(OC)cc2)C1.I. The molecule has 8 heteroatoms. The van der Waals surface area contributed by atoms with Gasteiger partial charge in [-0.05, 0) is 55.7 Å². The van der Waals surface area contributed by atoms with E-state index in [1.165, 1.54) is 11.6 Å². The molecule has 0 radical (unpaired) electrons. The van der Waals surface area contributed by atoms with Crippen molar-refractivity contribution in [1.82, 2.24) is 15.5 Å². The van der Waals surface area contributed by atoms with Gasteiger partial charge in [-0.15, -0.1) is 24.0 Å². The summed E-state index contributed by atoms with van der Waals surface area (Å²) in [5, 5.41) is 15.8. The van der Waals surface area contributed by atoms with Crippen molar-refractivity contribution in [2.24, 2.45) is 4.99 Å². The van der Waals surface area contributed by atoms with Crippen molar-refractivity contribution in [3.8, 4) is 11.5 Å². The Morgan fingerprint density at radius 2 is 2.00 bits per heavy atom. The minimum absolute atomic E-state index is 0. The van der Waals surface area contributed by atoms with E-state index in [0.717, 1.165) is 44.2 Å². The predicted molar refractivity (Wildman–Crippen MR) is 138 cm³/mol. The lowest BCUT2D eigenvalue weighted by molar-refractivity contribution is 0.0953. The van der Waals surface area contributed by atoms with E-state index in [-0.39, 0.29) is 35.6 Å². The second-order valence-corrected chi connectivity index (χ2v) is 7.60. The second-order valence-electron chi connectivity index (χ2n) is 7.60. The van der Waals surface area contributed by atoms with E-state index >= 15 is 0 Å². The number of phenols is 1. The Kier molecular flexibility index (Phi) is 10.6. The number of halogens is 1. The number of nitrogens with one attached hydrogen (secondary N) is 2. The molecule has 1 heterocycles. The smallest absolute Gasteiger partial charge is 0.251 e. The molecule has 1 unspecified atom stereocenters. The largest absolute Gasteiger partial charge is 0.508 e. The fourth-order valence-electron chi connectivity index (χ4n) is 3.74. The molecular formula is C24H33IN4O3. The molecule has 3 N–H and O–H groups in total. The molecular weight excluding hydrogens is 519 g/mol. The standard InChI is InChI=1S/C24H32N4O3.HI/c1-3-25-24(27-14-5-13-26-23(30)19-6-4-7-21(29)16-19)28-15-12-20(17-28)18-8-10-22(31-2)11-9-18;/h4,6-11,16,20,29H,3,5,12-15,17H2,1-2H3,(H,25,27)(H,26,30);1H. The van der Waals surface area contributed by atoms with Crippen LogP contribution in [0.3, 0.4) is 0 Å². The number of methoxy groups -OCH3 is 1. The van der Waals surface area contributed by atoms with Crippen molar-refractivity contribution in [2.75, 3.05) is 39.8 Å². The van der Waals surface area contributed by atoms with Crippen molar-refractivity contribution < 1.29 is 14.6 Å². The highest BCUT2D eigenvalue weighted by molar-refractivity contribution is 14.0. The summed E-state index contributed by atoms with van der Waals surface area (Å²) in [6.45, 7) is 5.96. The summed E-state index contributed by atoms with van der Waals surface area (Å²) >= 11 is 0. The van der Waals surface area contributed by atoms with Gasteiger partial charge in [0.25, 0.3) is 5.91 Å². The summed E-state index contributed by atoms with van der Waals surface area (Å²) in [5.74, 6) is 2.19. The summed E-state index contributed by atoms with van der Waals surface area (Å²) in [6.07, 6.45) is 1.84. The second kappa shape index (κ2) is 13.1. The van der Waals surface area contributed by atoms with Gasteiger partial charge in [0.2, 0.25) is 0 Å². The van der Waals surface area contributed by atoms with Gasteiger partial charge in [-0.1, -0.05) is 18.2 Å². The Labute approximate surface area is 207 Å². The van der Waals surface area contributed by atoms with Crippen molar-refractivity contribution in [2.45, 2.75) is 25.7 Å². The van der Waals surface area contributed by atoms with Gasteiger partial charge in [0.1, 0.15) is 11.5 Å². The summed E-state index contributed by atoms with van der Waals surface area (Å²) in [5.41, 5.74) is 1.78. The quantitative estimate of drug-likeness (QED) is 0.202. The number of phenolic OH excluding ortho intramolecular Hbond substituents is 1. The molecule has 0 bridgehead atoms. The normalized spacial score (nSPS) is 15.8. The van der Waals surface area contributed by atoms with Crippen molar-refractivity contribution >= 4 is 35.8 Å². The highest BCUT2D eigenvalue weighted by Gasteiger charge is 2.26. The number of hydrogen-bond acceptors (Lipinski definition) is 4. The molecule has 3 rings (SSSR count). The molecule has 1 aliphatic heterocycles. The number of carbonyl (C=O) groups is 1. The number of rotatable bonds is 8. The van der Waals surface area contributed by atoms with Gasteiger partial charge in [0.15, 0.2) is 5.96 Å². The third-order valence-electron chi connectivity index (χ3n) is 5.40. The van der Waals surface area contributed by atoms with Crippen LogP contribution in [0.4, 0.5) is 0 Å². The van der Waals surface area contributed by atoms with Gasteiger partial charge in [0.05, 0.1) is 7.11 Å². The molecule has 1 aliphatic rings. The number of benzene rings is 2. The first-order valence-corrected chi connectivity index (χ1v) is 10.8. The zero-order chi connectivity index (χ0) is 22.1. The monoisotopic (exact) mass is 552 g/mol. The minimum atomic E-state index is -0.186. The first-order valence-electron chi connectivity index (χ1n) is 10.8. The Hall–Kier alpha value is -2.49. The predicted octanol–water partition coefficient (Wildman–Crippen LogP) is 3.59. The van der Waals surface area contributed by atoms with Crippen molar-refractivity contribution in [1.29, 1.82) is 0 Å². The Balaban J connectivity index is 0.00000363. The topological polar surface area (TPSA) is 86.2 Å². The fourth-order valence-corrected chi connectivity index (χ4v) is 3.74. The molecule has 0 aromatic heterocycles. The number of nitrogens with zero attached hydrogens (tertiary/aromatic N) is 2. The van der Waals surface area contributed by atoms with E-state index in [4.69, 9.17) is 9.73 Å². The van der Waals surface area contributed by atoms with Crippen LogP contribution < -0.4 is 15.4 Å². The summed E-state index contributed by atoms with van der Waals surface area (Å²) in [7, 11) is 1.68. The average Bonchev–Trinajstić information content (AvgIpc) is 3.28. The van der Waals surface area contributed by atoms with Crippen LogP contribution in [0, 0.1) is 0 Å². The molecule has 7 nitrogen and oxygen atoms in total. The van der Waals surface area contributed by atoms with Crippen LogP contribution >= 0.6 is 24.0 Å². The van der Waals surface area contributed by atoms with E-state index in [0.29, 0.717) is 24.6 Å². The van der Waals surface area contributed by atoms with Gasteiger partial charge in [-0.25, -0.2) is 0 Å². The molecule has 174 valence electrons. The van der Waals surface area contributed by atoms with Crippen LogP contribution in [0.25, 0.3) is 0 Å². The Morgan fingerprint density at radius 3 is 2.69 bits per heavy atom. The number of carbonyl (C=O) groups excluding carboxylic acids is 1. The maximum atomic E-state index is 12.1. The van der Waals surface area contributed by atoms with Crippen LogP contribution in [-0.2, 0) is 0 Å². The summed E-state index contributed by atoms with van der Waals surface area (Å²) < 4.78 is 5.26. The minimum Gasteiger partial charge on any atom is -0.508 e. The lowest BCUT2D eigenvalue weighted by atomic mass is 9.98. The van der Waals surface area contributed by atoms with Crippen LogP contribution in [0.15, 0.2) is 53.5 Å². The molecule has 1 saturated heterocycles. The van der Waals surface area contributed by atoms with Crippen LogP contribution in [0.5, 0.6) is 11.5 Å². The van der Waals surface area contributed by atoms with Gasteiger partial charge < -0.3 is 25.4 Å². The Bertz CT molecular complexity index is 889. The van der Waals surface area contributed by atoms with E-state index in [1.54, 1.807) is 25.3 Å². The van der Waals surface area contributed by atoms with Gasteiger partial charge in [0, 0.05) is 44.2 Å². The summed E-state index contributed by atoms with van der Waals surface area (Å²) in [6, 6.07) is 14.7. The molecule has 1 atom stereocenters. The highest BCUT2D eigenvalue weighted by Crippen LogP contribution is 2.28. The molecule has 1 amide bonds. The van der Waals surface area contributed by atoms with Gasteiger partial charge in [-0.2, -0.15) is 0 Å². The van der Waals surface area contributed by atoms with Gasteiger partial charge in [-0.3, -0.25) is 9.79 Å². The van der Waals surface area contributed by atoms with E-state index in [9.17, 15) is 9.90 Å². The van der Waals surface area contributed by atoms with Gasteiger partial charge >= 0.3 is 0 Å². The molecule has 0 spiro atoms. The number of guanidine groups is 1. The first-order chi connectivity index (χ1) is 15.1. The maximum absolute atomic E-state index is 12.1. The maximum Gasteiger partial charge on any atom is 0.251 e. The molecule has 1 fully saturated rings. The lowest BCUT2D eigenvalue weighted by Crippen LogP contribution is -2.40. The van der Waals surface area contributed by atoms with Crippen LogP contribution in [0.1, 0.15) is 41.6 Å². The summed E-state index contributed by atoms with van der Waals surface area (Å²) in [4.78, 5) is 19.2. The van der Waals surface area contributed by atoms with Crippen LogP contribution in [-0.4, -0.2) is 61.7 Å². The zero-order valence-corrected chi connectivity index (χ0v) is 21.0. The number of aromatic hydroxyl groups is 1. The molecule has 0 aliphatic carbocycles. The highest BCUT2D eigenvalue weighted by atomic mass is 127. The molecule has 2 aromatic carbocycles. The lowest BCUT2D eigenvalue weighted by Gasteiger charge is -2.22. The van der Waals surface area contributed by atoms with E-state index < -0.39 is 0 Å². The third-order valence-corrected chi connectivity index (χ3v) is 5.40. The van der Waals surface area contributed by atoms with E-state index in [2.05, 4.69) is 34.6 Å². The fraction of sp³-hybridized carbons (Fsp3) is 0.417. The molecule has 0 saturated carbocycles. The number of hydrogen-bond donors (Lipinski definition) is 3. The third kappa shape index (κ3) is 7.29. The number of ether oxygens (including phenoxy) is 1. The van der Waals surface area contributed by atoms with Crippen molar-refractivity contribution in [3.63, 3.8) is 0 Å². The molecule has 2 aromatic rings.